The van der Waals surface area contributed by atoms with Gasteiger partial charge in [0.15, 0.2) is 0 Å². The van der Waals surface area contributed by atoms with Crippen molar-refractivity contribution >= 4 is 40.2 Å². The number of amides is 3. The number of rotatable bonds is 4. The van der Waals surface area contributed by atoms with E-state index in [1.54, 1.807) is 30.3 Å². The third kappa shape index (κ3) is 3.06. The maximum absolute atomic E-state index is 13.2. The fourth-order valence-corrected chi connectivity index (χ4v) is 4.44. The first kappa shape index (κ1) is 19.0. The molecule has 0 aliphatic carbocycles. The third-order valence-corrected chi connectivity index (χ3v) is 5.93. The molecule has 7 nitrogen and oxygen atoms in total. The van der Waals surface area contributed by atoms with Crippen LogP contribution in [0.4, 0.5) is 5.69 Å². The van der Waals surface area contributed by atoms with Gasteiger partial charge in [-0.2, -0.15) is 0 Å². The second kappa shape index (κ2) is 7.05. The number of carboxylic acids is 1. The number of carbonyl (C=O) groups excluding carboxylic acids is 3. The van der Waals surface area contributed by atoms with Crippen LogP contribution in [0.15, 0.2) is 54.6 Å². The number of nitrogens with one attached hydrogen (secondary N) is 1. The molecule has 1 fully saturated rings. The van der Waals surface area contributed by atoms with Crippen LogP contribution in [0.1, 0.15) is 44.7 Å². The molecule has 3 aromatic carbocycles. The Kier molecular flexibility index (Phi) is 4.32. The maximum Gasteiger partial charge on any atom is 0.335 e. The van der Waals surface area contributed by atoms with E-state index in [-0.39, 0.29) is 23.8 Å². The third-order valence-electron chi connectivity index (χ3n) is 5.93. The molecule has 154 valence electrons. The zero-order chi connectivity index (χ0) is 21.7. The number of hydrogen-bond donors (Lipinski definition) is 2. The summed E-state index contributed by atoms with van der Waals surface area (Å²) < 4.78 is 0. The molecular formula is C24H18N2O5. The Morgan fingerprint density at radius 3 is 2.52 bits per heavy atom. The lowest BCUT2D eigenvalue weighted by molar-refractivity contribution is -0.134. The van der Waals surface area contributed by atoms with E-state index in [4.69, 9.17) is 5.11 Å². The predicted octanol–water partition coefficient (Wildman–Crippen LogP) is 2.89. The molecule has 0 bridgehead atoms. The van der Waals surface area contributed by atoms with Crippen LogP contribution in [0, 0.1) is 0 Å². The molecule has 3 amide bonds. The first-order valence-electron chi connectivity index (χ1n) is 9.98. The number of hydrogen-bond acceptors (Lipinski definition) is 4. The molecule has 2 heterocycles. The van der Waals surface area contributed by atoms with E-state index >= 15 is 0 Å². The number of carbonyl (C=O) groups is 4. The number of nitrogens with zero attached hydrogens (tertiary/aromatic N) is 1. The normalized spacial score (nSPS) is 17.9. The van der Waals surface area contributed by atoms with Crippen LogP contribution in [0.5, 0.6) is 0 Å². The van der Waals surface area contributed by atoms with E-state index in [9.17, 15) is 19.2 Å². The highest BCUT2D eigenvalue weighted by atomic mass is 16.4. The summed E-state index contributed by atoms with van der Waals surface area (Å²) >= 11 is 0. The molecule has 0 aromatic heterocycles. The standard InChI is InChI=1S/C24H18N2O5/c27-20-11-10-19(22(28)25-20)26-18-9-8-15(12-13-4-6-14(7-5-13)24(30)31)16-2-1-3-17(21(16)18)23(26)29/h1-9,19H,10-12H2,(H,30,31)(H,25,27,28). The maximum atomic E-state index is 13.2. The smallest absolute Gasteiger partial charge is 0.335 e. The van der Waals surface area contributed by atoms with Gasteiger partial charge in [-0.05, 0) is 53.6 Å². The summed E-state index contributed by atoms with van der Waals surface area (Å²) in [6.45, 7) is 0. The van der Waals surface area contributed by atoms with Crippen molar-refractivity contribution in [3.8, 4) is 0 Å². The fourth-order valence-electron chi connectivity index (χ4n) is 4.44. The van der Waals surface area contributed by atoms with E-state index in [1.165, 1.54) is 4.90 Å². The predicted molar refractivity (Wildman–Crippen MR) is 113 cm³/mol. The van der Waals surface area contributed by atoms with Gasteiger partial charge in [0.25, 0.3) is 5.91 Å². The van der Waals surface area contributed by atoms with Crippen LogP contribution in [0.25, 0.3) is 10.8 Å². The largest absolute Gasteiger partial charge is 0.478 e. The Morgan fingerprint density at radius 1 is 1.03 bits per heavy atom. The first-order chi connectivity index (χ1) is 14.9. The number of piperidine rings is 1. The zero-order valence-electron chi connectivity index (χ0n) is 16.4. The van der Waals surface area contributed by atoms with Gasteiger partial charge in [0.2, 0.25) is 11.8 Å². The Morgan fingerprint density at radius 2 is 1.81 bits per heavy atom. The molecule has 2 aliphatic heterocycles. The zero-order valence-corrected chi connectivity index (χ0v) is 16.4. The summed E-state index contributed by atoms with van der Waals surface area (Å²) in [4.78, 5) is 49.7. The van der Waals surface area contributed by atoms with E-state index in [0.717, 1.165) is 21.9 Å². The minimum Gasteiger partial charge on any atom is -0.478 e. The molecule has 31 heavy (non-hydrogen) atoms. The van der Waals surface area contributed by atoms with Crippen LogP contribution in [0.3, 0.4) is 0 Å². The van der Waals surface area contributed by atoms with Gasteiger partial charge in [-0.25, -0.2) is 4.79 Å². The number of anilines is 1. The number of aromatic carboxylic acids is 1. The van der Waals surface area contributed by atoms with E-state index in [0.29, 0.717) is 24.1 Å². The van der Waals surface area contributed by atoms with Crippen molar-refractivity contribution in [2.24, 2.45) is 0 Å². The van der Waals surface area contributed by atoms with Crippen molar-refractivity contribution in [3.63, 3.8) is 0 Å². The molecule has 1 unspecified atom stereocenters. The summed E-state index contributed by atoms with van der Waals surface area (Å²) in [5.41, 5.74) is 3.41. The number of carboxylic acid groups (broad SMARTS) is 1. The monoisotopic (exact) mass is 414 g/mol. The Hall–Kier alpha value is -4.00. The van der Waals surface area contributed by atoms with Crippen molar-refractivity contribution in [1.29, 1.82) is 0 Å². The summed E-state index contributed by atoms with van der Waals surface area (Å²) in [6.07, 6.45) is 1.07. The molecule has 0 saturated carbocycles. The number of benzene rings is 3. The highest BCUT2D eigenvalue weighted by Crippen LogP contribution is 2.41. The van der Waals surface area contributed by atoms with Crippen LogP contribution in [-0.4, -0.2) is 34.8 Å². The average molecular weight is 414 g/mol. The van der Waals surface area contributed by atoms with Crippen LogP contribution in [-0.2, 0) is 16.0 Å². The Bertz CT molecular complexity index is 1280. The second-order valence-corrected chi connectivity index (χ2v) is 7.79. The Balaban J connectivity index is 1.55. The summed E-state index contributed by atoms with van der Waals surface area (Å²) in [7, 11) is 0. The van der Waals surface area contributed by atoms with Gasteiger partial charge in [0, 0.05) is 17.4 Å². The molecule has 2 N–H and O–H groups in total. The van der Waals surface area contributed by atoms with Gasteiger partial charge < -0.3 is 5.11 Å². The molecule has 1 atom stereocenters. The van der Waals surface area contributed by atoms with E-state index in [1.807, 2.05) is 24.3 Å². The molecule has 0 radical (unpaired) electrons. The second-order valence-electron chi connectivity index (χ2n) is 7.79. The van der Waals surface area contributed by atoms with Crippen molar-refractivity contribution in [3.05, 3.63) is 76.9 Å². The Labute approximate surface area is 177 Å². The van der Waals surface area contributed by atoms with Gasteiger partial charge in [-0.15, -0.1) is 0 Å². The fraction of sp³-hybridized carbons (Fsp3) is 0.167. The lowest BCUT2D eigenvalue weighted by Crippen LogP contribution is -2.53. The van der Waals surface area contributed by atoms with Crippen LogP contribution >= 0.6 is 0 Å². The van der Waals surface area contributed by atoms with Gasteiger partial charge >= 0.3 is 5.97 Å². The minimum absolute atomic E-state index is 0.199. The van der Waals surface area contributed by atoms with E-state index in [2.05, 4.69) is 5.32 Å². The SMILES string of the molecule is O=C1CCC(N2C(=O)c3cccc4c(Cc5ccc(C(=O)O)cc5)ccc2c34)C(=O)N1. The molecular weight excluding hydrogens is 396 g/mol. The molecule has 7 heteroatoms. The summed E-state index contributed by atoms with van der Waals surface area (Å²) in [5.74, 6) is -1.98. The highest BCUT2D eigenvalue weighted by molar-refractivity contribution is 6.27. The number of imide groups is 1. The first-order valence-corrected chi connectivity index (χ1v) is 9.98. The topological polar surface area (TPSA) is 104 Å². The highest BCUT2D eigenvalue weighted by Gasteiger charge is 2.40. The quantitative estimate of drug-likeness (QED) is 0.639. The molecule has 0 spiro atoms. The van der Waals surface area contributed by atoms with Gasteiger partial charge in [-0.3, -0.25) is 24.6 Å². The molecule has 3 aromatic rings. The van der Waals surface area contributed by atoms with E-state index < -0.39 is 17.9 Å². The summed E-state index contributed by atoms with van der Waals surface area (Å²) in [5, 5.41) is 13.1. The van der Waals surface area contributed by atoms with Crippen LogP contribution < -0.4 is 10.2 Å². The van der Waals surface area contributed by atoms with Crippen molar-refractivity contribution in [2.45, 2.75) is 25.3 Å². The van der Waals surface area contributed by atoms with Gasteiger partial charge in [-0.1, -0.05) is 30.3 Å². The lowest BCUT2D eigenvalue weighted by Gasteiger charge is -2.30. The van der Waals surface area contributed by atoms with Crippen molar-refractivity contribution in [2.75, 3.05) is 4.90 Å². The lowest BCUT2D eigenvalue weighted by atomic mass is 9.95. The molecule has 5 rings (SSSR count). The summed E-state index contributed by atoms with van der Waals surface area (Å²) in [6, 6.07) is 15.3. The molecule has 1 saturated heterocycles. The van der Waals surface area contributed by atoms with Crippen LogP contribution in [0.2, 0.25) is 0 Å². The van der Waals surface area contributed by atoms with Crippen molar-refractivity contribution < 1.29 is 24.3 Å². The average Bonchev–Trinajstić information content (AvgIpc) is 3.04. The molecule has 2 aliphatic rings. The van der Waals surface area contributed by atoms with Gasteiger partial charge in [0.1, 0.15) is 6.04 Å². The van der Waals surface area contributed by atoms with Gasteiger partial charge in [0.05, 0.1) is 11.3 Å². The minimum atomic E-state index is -0.969. The van der Waals surface area contributed by atoms with Crippen molar-refractivity contribution in [1.82, 2.24) is 5.32 Å².